The molecule has 1 atom stereocenters. The zero-order valence-corrected chi connectivity index (χ0v) is 9.74. The number of aliphatic hydroxyl groups excluding tert-OH is 1. The third-order valence-electron chi connectivity index (χ3n) is 1.77. The van der Waals surface area contributed by atoms with E-state index >= 15 is 0 Å². The molecule has 1 aromatic carbocycles. The van der Waals surface area contributed by atoms with Gasteiger partial charge in [-0.05, 0) is 40.5 Å². The highest BCUT2D eigenvalue weighted by Gasteiger charge is 2.05. The first kappa shape index (κ1) is 11.5. The Kier molecular flexibility index (Phi) is 4.38. The summed E-state index contributed by atoms with van der Waals surface area (Å²) in [6, 6.07) is 5.45. The number of aliphatic hydroxyl groups is 1. The smallest absolute Gasteiger partial charge is 0.188 e. The fraction of sp³-hybridized carbons (Fsp3) is 0.400. The Morgan fingerprint density at radius 1 is 1.50 bits per heavy atom. The summed E-state index contributed by atoms with van der Waals surface area (Å²) < 4.78 is 10.9. The molecule has 78 valence electrons. The highest BCUT2D eigenvalue weighted by Crippen LogP contribution is 2.28. The lowest BCUT2D eigenvalue weighted by Crippen LogP contribution is -2.00. The minimum atomic E-state index is -0.470. The largest absolute Gasteiger partial charge is 0.466 e. The summed E-state index contributed by atoms with van der Waals surface area (Å²) in [6.07, 6.45) is -0.470. The molecule has 1 rings (SSSR count). The van der Waals surface area contributed by atoms with Crippen molar-refractivity contribution in [2.45, 2.75) is 13.0 Å². The summed E-state index contributed by atoms with van der Waals surface area (Å²) in [4.78, 5) is 0. The van der Waals surface area contributed by atoms with Gasteiger partial charge < -0.3 is 14.6 Å². The van der Waals surface area contributed by atoms with Gasteiger partial charge in [-0.3, -0.25) is 0 Å². The highest BCUT2D eigenvalue weighted by atomic mass is 79.9. The second-order valence-corrected chi connectivity index (χ2v) is 3.77. The molecule has 0 aliphatic heterocycles. The van der Waals surface area contributed by atoms with Crippen molar-refractivity contribution < 1.29 is 14.6 Å². The molecule has 0 saturated heterocycles. The first-order valence-corrected chi connectivity index (χ1v) is 5.03. The first-order valence-electron chi connectivity index (χ1n) is 4.24. The van der Waals surface area contributed by atoms with Crippen molar-refractivity contribution in [2.24, 2.45) is 0 Å². The quantitative estimate of drug-likeness (QED) is 0.846. The second kappa shape index (κ2) is 5.34. The van der Waals surface area contributed by atoms with E-state index in [1.807, 2.05) is 12.1 Å². The fourth-order valence-corrected chi connectivity index (χ4v) is 1.53. The summed E-state index contributed by atoms with van der Waals surface area (Å²) in [5.74, 6) is 0.705. The van der Waals surface area contributed by atoms with Crippen LogP contribution in [0.3, 0.4) is 0 Å². The minimum Gasteiger partial charge on any atom is -0.466 e. The number of halogens is 1. The molecule has 0 aliphatic rings. The Hall–Kier alpha value is -0.580. The van der Waals surface area contributed by atoms with Gasteiger partial charge in [0.1, 0.15) is 5.75 Å². The van der Waals surface area contributed by atoms with Gasteiger partial charge in [-0.15, -0.1) is 0 Å². The zero-order chi connectivity index (χ0) is 10.6. The maximum Gasteiger partial charge on any atom is 0.188 e. The maximum atomic E-state index is 9.33. The van der Waals surface area contributed by atoms with Gasteiger partial charge in [-0.1, -0.05) is 6.07 Å². The van der Waals surface area contributed by atoms with E-state index in [2.05, 4.69) is 15.9 Å². The van der Waals surface area contributed by atoms with Gasteiger partial charge in [0, 0.05) is 7.11 Å². The van der Waals surface area contributed by atoms with Crippen LogP contribution < -0.4 is 4.74 Å². The molecule has 0 heterocycles. The molecule has 0 amide bonds. The molecule has 0 saturated carbocycles. The van der Waals surface area contributed by atoms with E-state index in [0.717, 1.165) is 10.0 Å². The van der Waals surface area contributed by atoms with Crippen LogP contribution in [0.4, 0.5) is 0 Å². The molecule has 1 N–H and O–H groups in total. The van der Waals surface area contributed by atoms with Gasteiger partial charge in [0.15, 0.2) is 6.79 Å². The van der Waals surface area contributed by atoms with Gasteiger partial charge in [0.25, 0.3) is 0 Å². The van der Waals surface area contributed by atoms with E-state index in [-0.39, 0.29) is 6.79 Å². The molecular weight excluding hydrogens is 248 g/mol. The summed E-state index contributed by atoms with van der Waals surface area (Å²) in [5, 5.41) is 9.33. The van der Waals surface area contributed by atoms with Crippen molar-refractivity contribution in [1.29, 1.82) is 0 Å². The average molecular weight is 261 g/mol. The Labute approximate surface area is 91.8 Å². The number of rotatable bonds is 4. The topological polar surface area (TPSA) is 38.7 Å². The fourth-order valence-electron chi connectivity index (χ4n) is 1.02. The minimum absolute atomic E-state index is 0.215. The van der Waals surface area contributed by atoms with Crippen LogP contribution in [0.5, 0.6) is 5.75 Å². The standard InChI is InChI=1S/C10H13BrO3/c1-7(12)8-3-4-10(9(11)5-8)14-6-13-2/h3-5,7,12H,6H2,1-2H3. The van der Waals surface area contributed by atoms with Crippen molar-refractivity contribution in [3.05, 3.63) is 28.2 Å². The Morgan fingerprint density at radius 3 is 2.71 bits per heavy atom. The monoisotopic (exact) mass is 260 g/mol. The van der Waals surface area contributed by atoms with Crippen LogP contribution in [0, 0.1) is 0 Å². The highest BCUT2D eigenvalue weighted by molar-refractivity contribution is 9.10. The number of hydrogen-bond donors (Lipinski definition) is 1. The molecule has 0 radical (unpaired) electrons. The second-order valence-electron chi connectivity index (χ2n) is 2.92. The zero-order valence-electron chi connectivity index (χ0n) is 8.16. The molecule has 0 aliphatic carbocycles. The summed E-state index contributed by atoms with van der Waals surface area (Å²) in [5.41, 5.74) is 0.849. The molecule has 1 aromatic rings. The molecule has 0 fully saturated rings. The van der Waals surface area contributed by atoms with Crippen LogP contribution in [0.25, 0.3) is 0 Å². The van der Waals surface area contributed by atoms with Gasteiger partial charge in [-0.2, -0.15) is 0 Å². The van der Waals surface area contributed by atoms with Crippen molar-refractivity contribution in [1.82, 2.24) is 0 Å². The summed E-state index contributed by atoms with van der Waals surface area (Å²) >= 11 is 3.35. The Balaban J connectivity index is 2.79. The Morgan fingerprint density at radius 2 is 2.21 bits per heavy atom. The van der Waals surface area contributed by atoms with Crippen LogP contribution >= 0.6 is 15.9 Å². The lowest BCUT2D eigenvalue weighted by molar-refractivity contribution is 0.0505. The van der Waals surface area contributed by atoms with Crippen LogP contribution in [-0.2, 0) is 4.74 Å². The van der Waals surface area contributed by atoms with Gasteiger partial charge in [0.2, 0.25) is 0 Å². The molecule has 0 bridgehead atoms. The molecule has 3 nitrogen and oxygen atoms in total. The van der Waals surface area contributed by atoms with E-state index < -0.39 is 6.10 Å². The molecule has 0 spiro atoms. The molecular formula is C10H13BrO3. The van der Waals surface area contributed by atoms with Gasteiger partial charge >= 0.3 is 0 Å². The third kappa shape index (κ3) is 2.97. The van der Waals surface area contributed by atoms with Crippen molar-refractivity contribution >= 4 is 15.9 Å². The molecule has 14 heavy (non-hydrogen) atoms. The van der Waals surface area contributed by atoms with Crippen LogP contribution in [0.1, 0.15) is 18.6 Å². The van der Waals surface area contributed by atoms with Crippen molar-refractivity contribution in [3.63, 3.8) is 0 Å². The van der Waals surface area contributed by atoms with Gasteiger partial charge in [-0.25, -0.2) is 0 Å². The van der Waals surface area contributed by atoms with Crippen molar-refractivity contribution in [3.8, 4) is 5.75 Å². The molecule has 0 aromatic heterocycles. The lowest BCUT2D eigenvalue weighted by atomic mass is 10.1. The summed E-state index contributed by atoms with van der Waals surface area (Å²) in [6.45, 7) is 1.93. The number of methoxy groups -OCH3 is 1. The van der Waals surface area contributed by atoms with E-state index in [9.17, 15) is 5.11 Å². The summed E-state index contributed by atoms with van der Waals surface area (Å²) in [7, 11) is 1.57. The van der Waals surface area contributed by atoms with Crippen LogP contribution in [0.2, 0.25) is 0 Å². The lowest BCUT2D eigenvalue weighted by Gasteiger charge is -2.10. The maximum absolute atomic E-state index is 9.33. The van der Waals surface area contributed by atoms with Gasteiger partial charge in [0.05, 0.1) is 10.6 Å². The average Bonchev–Trinajstić information content (AvgIpc) is 2.15. The number of benzene rings is 1. The van der Waals surface area contributed by atoms with E-state index in [1.165, 1.54) is 0 Å². The molecule has 4 heteroatoms. The number of hydrogen-bond acceptors (Lipinski definition) is 3. The number of ether oxygens (including phenoxy) is 2. The van der Waals surface area contributed by atoms with Crippen molar-refractivity contribution in [2.75, 3.05) is 13.9 Å². The van der Waals surface area contributed by atoms with E-state index in [1.54, 1.807) is 20.1 Å². The van der Waals surface area contributed by atoms with Crippen LogP contribution in [0.15, 0.2) is 22.7 Å². The predicted octanol–water partition coefficient (Wildman–Crippen LogP) is 2.49. The van der Waals surface area contributed by atoms with E-state index in [0.29, 0.717) is 5.75 Å². The Bertz CT molecular complexity index is 299. The normalized spacial score (nSPS) is 12.6. The first-order chi connectivity index (χ1) is 6.65. The predicted molar refractivity (Wildman–Crippen MR) is 57.3 cm³/mol. The third-order valence-corrected chi connectivity index (χ3v) is 2.39. The van der Waals surface area contributed by atoms with E-state index in [4.69, 9.17) is 9.47 Å². The SMILES string of the molecule is COCOc1ccc(C(C)O)cc1Br. The molecule has 1 unspecified atom stereocenters. The van der Waals surface area contributed by atoms with Crippen LogP contribution in [-0.4, -0.2) is 19.0 Å².